The highest BCUT2D eigenvalue weighted by Crippen LogP contribution is 2.28. The molecule has 26 heavy (non-hydrogen) atoms. The average Bonchev–Trinajstić information content (AvgIpc) is 3.17. The Kier molecular flexibility index (Phi) is 5.35. The summed E-state index contributed by atoms with van der Waals surface area (Å²) in [5.41, 5.74) is 7.29. The van der Waals surface area contributed by atoms with Gasteiger partial charge in [0.25, 0.3) is 0 Å². The van der Waals surface area contributed by atoms with Gasteiger partial charge in [-0.3, -0.25) is 0 Å². The lowest BCUT2D eigenvalue weighted by atomic mass is 9.87. The normalized spacial score (nSPS) is 15.6. The standard InChI is InChI=1S/C23H29N3/c1-17-21(11-12-22-23(17)26-16-25-22)20-9-7-19(8-10-20)15-24-14-13-18-5-3-2-4-6-18/h7-12,16,18,24H,2-6,13-15H2,1H3,(H,25,26). The smallest absolute Gasteiger partial charge is 0.0931 e. The van der Waals surface area contributed by atoms with Gasteiger partial charge in [-0.05, 0) is 54.1 Å². The molecular weight excluding hydrogens is 318 g/mol. The Morgan fingerprint density at radius 3 is 2.65 bits per heavy atom. The fraction of sp³-hybridized carbons (Fsp3) is 0.435. The number of H-pyrrole nitrogens is 1. The third-order valence-electron chi connectivity index (χ3n) is 5.89. The molecule has 0 atom stereocenters. The van der Waals surface area contributed by atoms with Crippen molar-refractivity contribution in [2.24, 2.45) is 5.92 Å². The summed E-state index contributed by atoms with van der Waals surface area (Å²) < 4.78 is 0. The minimum atomic E-state index is 0.957. The van der Waals surface area contributed by atoms with Gasteiger partial charge in [-0.2, -0.15) is 0 Å². The largest absolute Gasteiger partial charge is 0.345 e. The van der Waals surface area contributed by atoms with Crippen molar-refractivity contribution in [1.29, 1.82) is 0 Å². The maximum atomic E-state index is 4.44. The topological polar surface area (TPSA) is 40.7 Å². The summed E-state index contributed by atoms with van der Waals surface area (Å²) >= 11 is 0. The summed E-state index contributed by atoms with van der Waals surface area (Å²) in [5.74, 6) is 0.957. The van der Waals surface area contributed by atoms with Crippen molar-refractivity contribution in [2.75, 3.05) is 6.54 Å². The summed E-state index contributed by atoms with van der Waals surface area (Å²) in [6.45, 7) is 4.25. The monoisotopic (exact) mass is 347 g/mol. The van der Waals surface area contributed by atoms with E-state index in [0.29, 0.717) is 0 Å². The second-order valence-corrected chi connectivity index (χ2v) is 7.70. The maximum Gasteiger partial charge on any atom is 0.0931 e. The van der Waals surface area contributed by atoms with Crippen LogP contribution in [0.1, 0.15) is 49.7 Å². The van der Waals surface area contributed by atoms with Crippen LogP contribution in [0.3, 0.4) is 0 Å². The number of benzene rings is 2. The van der Waals surface area contributed by atoms with E-state index in [4.69, 9.17) is 0 Å². The molecule has 0 spiro atoms. The Morgan fingerprint density at radius 1 is 1.04 bits per heavy atom. The summed E-state index contributed by atoms with van der Waals surface area (Å²) in [7, 11) is 0. The van der Waals surface area contributed by atoms with Crippen molar-refractivity contribution in [3.63, 3.8) is 0 Å². The van der Waals surface area contributed by atoms with Gasteiger partial charge in [-0.15, -0.1) is 0 Å². The Labute approximate surface area is 156 Å². The molecule has 1 heterocycles. The predicted molar refractivity (Wildman–Crippen MR) is 109 cm³/mol. The number of aryl methyl sites for hydroxylation is 1. The lowest BCUT2D eigenvalue weighted by Crippen LogP contribution is -2.19. The van der Waals surface area contributed by atoms with Crippen LogP contribution in [0.15, 0.2) is 42.7 Å². The molecule has 0 unspecified atom stereocenters. The second-order valence-electron chi connectivity index (χ2n) is 7.70. The van der Waals surface area contributed by atoms with Gasteiger partial charge in [-0.1, -0.05) is 62.4 Å². The molecule has 1 fully saturated rings. The summed E-state index contributed by atoms with van der Waals surface area (Å²) in [5, 5.41) is 3.63. The lowest BCUT2D eigenvalue weighted by molar-refractivity contribution is 0.334. The number of hydrogen-bond acceptors (Lipinski definition) is 2. The van der Waals surface area contributed by atoms with Gasteiger partial charge in [0.1, 0.15) is 0 Å². The average molecular weight is 348 g/mol. The lowest BCUT2D eigenvalue weighted by Gasteiger charge is -2.21. The van der Waals surface area contributed by atoms with Gasteiger partial charge >= 0.3 is 0 Å². The molecule has 2 N–H and O–H groups in total. The molecule has 3 nitrogen and oxygen atoms in total. The van der Waals surface area contributed by atoms with E-state index in [2.05, 4.69) is 58.6 Å². The Bertz CT molecular complexity index is 842. The van der Waals surface area contributed by atoms with Gasteiger partial charge in [0.15, 0.2) is 0 Å². The van der Waals surface area contributed by atoms with E-state index in [1.165, 1.54) is 60.8 Å². The fourth-order valence-electron chi connectivity index (χ4n) is 4.28. The SMILES string of the molecule is Cc1c(-c2ccc(CNCCC3CCCCC3)cc2)ccc2[nH]cnc12. The first-order valence-electron chi connectivity index (χ1n) is 10.0. The Morgan fingerprint density at radius 2 is 1.85 bits per heavy atom. The molecule has 3 heteroatoms. The van der Waals surface area contributed by atoms with E-state index in [-0.39, 0.29) is 0 Å². The van der Waals surface area contributed by atoms with Gasteiger partial charge in [0.2, 0.25) is 0 Å². The van der Waals surface area contributed by atoms with E-state index in [9.17, 15) is 0 Å². The second kappa shape index (κ2) is 8.05. The molecule has 0 saturated heterocycles. The number of rotatable bonds is 6. The first-order chi connectivity index (χ1) is 12.8. The third-order valence-corrected chi connectivity index (χ3v) is 5.89. The van der Waals surface area contributed by atoms with Crippen molar-refractivity contribution in [3.05, 3.63) is 53.9 Å². The van der Waals surface area contributed by atoms with E-state index < -0.39 is 0 Å². The zero-order valence-electron chi connectivity index (χ0n) is 15.7. The molecule has 1 aromatic heterocycles. The minimum Gasteiger partial charge on any atom is -0.345 e. The Balaban J connectivity index is 1.34. The van der Waals surface area contributed by atoms with Gasteiger partial charge in [0, 0.05) is 6.54 Å². The van der Waals surface area contributed by atoms with E-state index in [1.807, 2.05) is 0 Å². The number of nitrogens with one attached hydrogen (secondary N) is 2. The quantitative estimate of drug-likeness (QED) is 0.570. The third kappa shape index (κ3) is 3.83. The fourth-order valence-corrected chi connectivity index (χ4v) is 4.28. The van der Waals surface area contributed by atoms with Crippen LogP contribution >= 0.6 is 0 Å². The molecule has 0 bridgehead atoms. The molecule has 0 aliphatic heterocycles. The molecule has 2 aromatic carbocycles. The highest BCUT2D eigenvalue weighted by molar-refractivity contribution is 5.86. The van der Waals surface area contributed by atoms with E-state index >= 15 is 0 Å². The number of nitrogens with zero attached hydrogens (tertiary/aromatic N) is 1. The summed E-state index contributed by atoms with van der Waals surface area (Å²) in [4.78, 5) is 7.63. The van der Waals surface area contributed by atoms with Crippen LogP contribution in [-0.2, 0) is 6.54 Å². The van der Waals surface area contributed by atoms with Crippen LogP contribution in [0.25, 0.3) is 22.2 Å². The van der Waals surface area contributed by atoms with Crippen molar-refractivity contribution in [3.8, 4) is 11.1 Å². The molecule has 0 amide bonds. The molecule has 1 aliphatic rings. The van der Waals surface area contributed by atoms with Gasteiger partial charge in [0.05, 0.1) is 17.4 Å². The van der Waals surface area contributed by atoms with Crippen LogP contribution < -0.4 is 5.32 Å². The number of fused-ring (bicyclic) bond motifs is 1. The molecule has 3 aromatic rings. The first-order valence-corrected chi connectivity index (χ1v) is 10.0. The predicted octanol–water partition coefficient (Wildman–Crippen LogP) is 5.60. The van der Waals surface area contributed by atoms with Crippen molar-refractivity contribution >= 4 is 11.0 Å². The molecule has 1 saturated carbocycles. The summed E-state index contributed by atoms with van der Waals surface area (Å²) in [6.07, 6.45) is 10.3. The summed E-state index contributed by atoms with van der Waals surface area (Å²) in [6, 6.07) is 13.3. The van der Waals surface area contributed by atoms with Crippen LogP contribution in [0.2, 0.25) is 0 Å². The van der Waals surface area contributed by atoms with E-state index in [0.717, 1.165) is 30.0 Å². The number of imidazole rings is 1. The van der Waals surface area contributed by atoms with Crippen LogP contribution in [-0.4, -0.2) is 16.5 Å². The maximum absolute atomic E-state index is 4.44. The Hall–Kier alpha value is -2.13. The van der Waals surface area contributed by atoms with Crippen molar-refractivity contribution in [1.82, 2.24) is 15.3 Å². The highest BCUT2D eigenvalue weighted by atomic mass is 14.9. The van der Waals surface area contributed by atoms with Gasteiger partial charge in [-0.25, -0.2) is 4.98 Å². The first kappa shape index (κ1) is 17.3. The number of aromatic amines is 1. The minimum absolute atomic E-state index is 0.957. The molecule has 1 aliphatic carbocycles. The van der Waals surface area contributed by atoms with Crippen molar-refractivity contribution < 1.29 is 0 Å². The molecule has 4 rings (SSSR count). The zero-order chi connectivity index (χ0) is 17.8. The van der Waals surface area contributed by atoms with Crippen LogP contribution in [0.4, 0.5) is 0 Å². The van der Waals surface area contributed by atoms with E-state index in [1.54, 1.807) is 6.33 Å². The number of aromatic nitrogens is 2. The van der Waals surface area contributed by atoms with Crippen LogP contribution in [0, 0.1) is 12.8 Å². The van der Waals surface area contributed by atoms with Crippen molar-refractivity contribution in [2.45, 2.75) is 52.0 Å². The molecular formula is C23H29N3. The highest BCUT2D eigenvalue weighted by Gasteiger charge is 2.12. The van der Waals surface area contributed by atoms with Crippen LogP contribution in [0.5, 0.6) is 0 Å². The molecule has 0 radical (unpaired) electrons. The molecule has 136 valence electrons. The van der Waals surface area contributed by atoms with Gasteiger partial charge < -0.3 is 10.3 Å². The number of hydrogen-bond donors (Lipinski definition) is 2. The zero-order valence-corrected chi connectivity index (χ0v) is 15.7.